The average Bonchev–Trinajstić information content (AvgIpc) is 2.01. The zero-order valence-electron chi connectivity index (χ0n) is 10.6. The molecule has 0 saturated carbocycles. The zero-order valence-corrected chi connectivity index (χ0v) is 11.6. The molecule has 88 valence electrons. The molecule has 0 fully saturated rings. The summed E-state index contributed by atoms with van der Waals surface area (Å²) in [6, 6.07) is 0. The first-order chi connectivity index (χ1) is 6.83. The van der Waals surface area contributed by atoms with Gasteiger partial charge in [0.05, 0.1) is 0 Å². The lowest BCUT2D eigenvalue weighted by Crippen LogP contribution is -2.35. The summed E-state index contributed by atoms with van der Waals surface area (Å²) in [4.78, 5) is 0. The third-order valence-corrected chi connectivity index (χ3v) is 3.76. The first-order valence-corrected chi connectivity index (χ1v) is 8.22. The highest BCUT2D eigenvalue weighted by Crippen LogP contribution is 2.10. The van der Waals surface area contributed by atoms with Crippen molar-refractivity contribution in [3.63, 3.8) is 0 Å². The topological polar surface area (TPSA) is 18.5 Å². The normalized spacial score (nSPS) is 11.5. The Morgan fingerprint density at radius 3 is 1.53 bits per heavy atom. The molecule has 0 radical (unpaired) electrons. The molecule has 0 spiro atoms. The summed E-state index contributed by atoms with van der Waals surface area (Å²) in [5.41, 5.74) is 2.31. The van der Waals surface area contributed by atoms with Crippen molar-refractivity contribution in [3.8, 4) is 0 Å². The van der Waals surface area contributed by atoms with Crippen LogP contribution in [-0.2, 0) is 8.85 Å². The van der Waals surface area contributed by atoms with Crippen molar-refractivity contribution in [2.24, 2.45) is 0 Å². The van der Waals surface area contributed by atoms with Gasteiger partial charge in [-0.25, -0.2) is 0 Å². The van der Waals surface area contributed by atoms with E-state index in [0.29, 0.717) is 0 Å². The summed E-state index contributed by atoms with van der Waals surface area (Å²) in [5, 5.41) is 0. The second-order valence-electron chi connectivity index (χ2n) is 4.51. The van der Waals surface area contributed by atoms with E-state index >= 15 is 0 Å². The molecule has 0 unspecified atom stereocenters. The summed E-state index contributed by atoms with van der Waals surface area (Å²) in [6.45, 7) is 17.3. The van der Waals surface area contributed by atoms with Crippen molar-refractivity contribution < 1.29 is 8.85 Å². The van der Waals surface area contributed by atoms with Gasteiger partial charge in [-0.05, 0) is 39.8 Å². The summed E-state index contributed by atoms with van der Waals surface area (Å²) >= 11 is 0. The van der Waals surface area contributed by atoms with Gasteiger partial charge >= 0.3 is 8.56 Å². The van der Waals surface area contributed by atoms with E-state index in [2.05, 4.69) is 26.3 Å². The molecule has 0 heterocycles. The van der Waals surface area contributed by atoms with E-state index in [0.717, 1.165) is 37.2 Å². The molecule has 3 heteroatoms. The van der Waals surface area contributed by atoms with Crippen LogP contribution >= 0.6 is 0 Å². The summed E-state index contributed by atoms with van der Waals surface area (Å²) < 4.78 is 11.5. The molecular formula is C12H24O2Si. The van der Waals surface area contributed by atoms with Gasteiger partial charge in [0.25, 0.3) is 0 Å². The summed E-state index contributed by atoms with van der Waals surface area (Å²) in [7, 11) is -1.92. The van der Waals surface area contributed by atoms with Gasteiger partial charge in [0.1, 0.15) is 0 Å². The minimum Gasteiger partial charge on any atom is -0.394 e. The molecule has 0 aliphatic rings. The second-order valence-corrected chi connectivity index (χ2v) is 7.89. The molecule has 0 aliphatic carbocycles. The molecule has 0 aromatic carbocycles. The van der Waals surface area contributed by atoms with E-state index < -0.39 is 8.56 Å². The van der Waals surface area contributed by atoms with Crippen LogP contribution in [0.5, 0.6) is 0 Å². The Kier molecular flexibility index (Phi) is 6.81. The van der Waals surface area contributed by atoms with E-state index in [1.807, 2.05) is 13.8 Å². The fourth-order valence-corrected chi connectivity index (χ4v) is 2.25. The van der Waals surface area contributed by atoms with Gasteiger partial charge in [-0.15, -0.1) is 13.2 Å². The fraction of sp³-hybridized carbons (Fsp3) is 0.667. The first-order valence-electron chi connectivity index (χ1n) is 5.40. The molecule has 0 aromatic rings. The van der Waals surface area contributed by atoms with Crippen molar-refractivity contribution in [3.05, 3.63) is 24.3 Å². The van der Waals surface area contributed by atoms with Gasteiger partial charge in [0.2, 0.25) is 0 Å². The van der Waals surface area contributed by atoms with E-state index in [1.165, 1.54) is 0 Å². The van der Waals surface area contributed by atoms with Crippen LogP contribution in [0.2, 0.25) is 13.1 Å². The van der Waals surface area contributed by atoms with Crippen LogP contribution in [0.4, 0.5) is 0 Å². The Morgan fingerprint density at radius 1 is 0.933 bits per heavy atom. The molecular weight excluding hydrogens is 204 g/mol. The lowest BCUT2D eigenvalue weighted by Gasteiger charge is -2.22. The van der Waals surface area contributed by atoms with Crippen molar-refractivity contribution in [2.75, 3.05) is 13.2 Å². The minimum absolute atomic E-state index is 0.724. The van der Waals surface area contributed by atoms with Crippen LogP contribution in [-0.4, -0.2) is 21.8 Å². The highest BCUT2D eigenvalue weighted by atomic mass is 28.4. The third kappa shape index (κ3) is 9.91. The van der Waals surface area contributed by atoms with Gasteiger partial charge in [0.15, 0.2) is 0 Å². The van der Waals surface area contributed by atoms with E-state index in [1.54, 1.807) is 0 Å². The first kappa shape index (κ1) is 14.6. The molecule has 0 rings (SSSR count). The second kappa shape index (κ2) is 6.98. The predicted octanol–water partition coefficient (Wildman–Crippen LogP) is 3.65. The lowest BCUT2D eigenvalue weighted by molar-refractivity contribution is 0.182. The fourth-order valence-electron chi connectivity index (χ4n) is 0.984. The Bertz CT molecular complexity index is 200. The van der Waals surface area contributed by atoms with Gasteiger partial charge < -0.3 is 8.85 Å². The molecule has 0 N–H and O–H groups in total. The van der Waals surface area contributed by atoms with Crippen LogP contribution in [0.1, 0.15) is 26.7 Å². The highest BCUT2D eigenvalue weighted by molar-refractivity contribution is 6.64. The van der Waals surface area contributed by atoms with Crippen LogP contribution in [0.15, 0.2) is 24.3 Å². The van der Waals surface area contributed by atoms with E-state index in [9.17, 15) is 0 Å². The van der Waals surface area contributed by atoms with Gasteiger partial charge in [-0.2, -0.15) is 0 Å². The lowest BCUT2D eigenvalue weighted by atomic mass is 10.3. The standard InChI is InChI=1S/C12H24O2Si/c1-11(2)7-9-13-15(5,6)14-10-8-12(3)4/h1,3,7-10H2,2,4-6H3. The maximum absolute atomic E-state index is 5.75. The monoisotopic (exact) mass is 228 g/mol. The molecule has 0 bridgehead atoms. The summed E-state index contributed by atoms with van der Waals surface area (Å²) in [5.74, 6) is 0. The van der Waals surface area contributed by atoms with Crippen LogP contribution < -0.4 is 0 Å². The number of hydrogen-bond acceptors (Lipinski definition) is 2. The SMILES string of the molecule is C=C(C)CCO[Si](C)(C)OCCC(=C)C. The van der Waals surface area contributed by atoms with Gasteiger partial charge in [0, 0.05) is 13.2 Å². The van der Waals surface area contributed by atoms with Crippen molar-refractivity contribution in [1.29, 1.82) is 0 Å². The molecule has 15 heavy (non-hydrogen) atoms. The van der Waals surface area contributed by atoms with Crippen molar-refractivity contribution in [2.45, 2.75) is 39.8 Å². The van der Waals surface area contributed by atoms with Crippen LogP contribution in [0, 0.1) is 0 Å². The van der Waals surface area contributed by atoms with Crippen LogP contribution in [0.25, 0.3) is 0 Å². The minimum atomic E-state index is -1.92. The Labute approximate surface area is 95.2 Å². The molecule has 2 nitrogen and oxygen atoms in total. The Morgan fingerprint density at radius 2 is 1.27 bits per heavy atom. The Balaban J connectivity index is 3.66. The molecule has 0 saturated heterocycles. The maximum atomic E-state index is 5.75. The quantitative estimate of drug-likeness (QED) is 0.466. The molecule has 0 aromatic heterocycles. The molecule has 0 amide bonds. The molecule has 0 aliphatic heterocycles. The van der Waals surface area contributed by atoms with E-state index in [-0.39, 0.29) is 0 Å². The smallest absolute Gasteiger partial charge is 0.331 e. The zero-order chi connectivity index (χ0) is 11.9. The van der Waals surface area contributed by atoms with Crippen LogP contribution in [0.3, 0.4) is 0 Å². The molecule has 0 atom stereocenters. The van der Waals surface area contributed by atoms with Gasteiger partial charge in [-0.3, -0.25) is 0 Å². The third-order valence-electron chi connectivity index (χ3n) is 1.96. The van der Waals surface area contributed by atoms with Gasteiger partial charge in [-0.1, -0.05) is 11.1 Å². The van der Waals surface area contributed by atoms with Crippen molar-refractivity contribution in [1.82, 2.24) is 0 Å². The number of rotatable bonds is 8. The maximum Gasteiger partial charge on any atom is 0.331 e. The predicted molar refractivity (Wildman–Crippen MR) is 68.2 cm³/mol. The summed E-state index contributed by atoms with van der Waals surface area (Å²) in [6.07, 6.45) is 1.83. The number of hydrogen-bond donors (Lipinski definition) is 0. The van der Waals surface area contributed by atoms with E-state index in [4.69, 9.17) is 8.85 Å². The van der Waals surface area contributed by atoms with Crippen molar-refractivity contribution >= 4 is 8.56 Å². The highest BCUT2D eigenvalue weighted by Gasteiger charge is 2.23. The Hall–Kier alpha value is -0.383. The largest absolute Gasteiger partial charge is 0.394 e. The average molecular weight is 228 g/mol.